The van der Waals surface area contributed by atoms with Gasteiger partial charge in [-0.1, -0.05) is 6.07 Å². The molecule has 2 heterocycles. The van der Waals surface area contributed by atoms with Crippen LogP contribution in [0.4, 0.5) is 8.78 Å². The Labute approximate surface area is 142 Å². The molecule has 3 rings (SSSR count). The van der Waals surface area contributed by atoms with Gasteiger partial charge in [0.15, 0.2) is 0 Å². The molecule has 0 N–H and O–H groups in total. The number of benzene rings is 1. The summed E-state index contributed by atoms with van der Waals surface area (Å²) < 4.78 is 53.3. The van der Waals surface area contributed by atoms with Crippen molar-refractivity contribution in [2.24, 2.45) is 0 Å². The third kappa shape index (κ3) is 3.19. The van der Waals surface area contributed by atoms with E-state index in [1.807, 2.05) is 0 Å². The molecule has 24 heavy (non-hydrogen) atoms. The number of hydrogen-bond acceptors (Lipinski definition) is 4. The van der Waals surface area contributed by atoms with Crippen molar-refractivity contribution in [2.45, 2.75) is 4.21 Å². The summed E-state index contributed by atoms with van der Waals surface area (Å²) in [6, 6.07) is 5.88. The Balaban J connectivity index is 1.71. The molecule has 0 aliphatic carbocycles. The Morgan fingerprint density at radius 3 is 2.42 bits per heavy atom. The maximum Gasteiger partial charge on any atom is 0.257 e. The first-order valence-corrected chi connectivity index (χ1v) is 9.49. The third-order valence-electron chi connectivity index (χ3n) is 3.77. The monoisotopic (exact) mass is 372 g/mol. The fraction of sp³-hybridized carbons (Fsp3) is 0.267. The SMILES string of the molecule is O=C(c1cc(F)ccc1F)N1CCN(S(=O)(=O)c2cccs2)CC1. The van der Waals surface area contributed by atoms with Gasteiger partial charge in [0.05, 0.1) is 5.56 Å². The number of nitrogens with zero attached hydrogens (tertiary/aromatic N) is 2. The van der Waals surface area contributed by atoms with Gasteiger partial charge in [0.1, 0.15) is 15.8 Å². The van der Waals surface area contributed by atoms with E-state index in [1.165, 1.54) is 15.3 Å². The number of piperazine rings is 1. The molecule has 0 saturated carbocycles. The predicted molar refractivity (Wildman–Crippen MR) is 85.3 cm³/mol. The third-order valence-corrected chi connectivity index (χ3v) is 7.05. The Morgan fingerprint density at radius 2 is 1.79 bits per heavy atom. The minimum Gasteiger partial charge on any atom is -0.336 e. The lowest BCUT2D eigenvalue weighted by atomic mass is 10.1. The molecular formula is C15H14F2N2O3S2. The van der Waals surface area contributed by atoms with Gasteiger partial charge >= 0.3 is 0 Å². The minimum atomic E-state index is -3.57. The standard InChI is InChI=1S/C15H14F2N2O3S2/c16-11-3-4-13(17)12(10-11)15(20)18-5-7-19(8-6-18)24(21,22)14-2-1-9-23-14/h1-4,9-10H,5-8H2. The molecule has 0 atom stereocenters. The van der Waals surface area contributed by atoms with E-state index in [2.05, 4.69) is 0 Å². The van der Waals surface area contributed by atoms with Gasteiger partial charge < -0.3 is 4.90 Å². The molecule has 1 aliphatic rings. The number of carbonyl (C=O) groups excluding carboxylic acids is 1. The van der Waals surface area contributed by atoms with E-state index in [0.717, 1.165) is 29.5 Å². The summed E-state index contributed by atoms with van der Waals surface area (Å²) in [6.45, 7) is 0.477. The summed E-state index contributed by atoms with van der Waals surface area (Å²) in [4.78, 5) is 13.6. The first-order chi connectivity index (χ1) is 11.4. The fourth-order valence-corrected chi connectivity index (χ4v) is 5.07. The average molecular weight is 372 g/mol. The van der Waals surface area contributed by atoms with E-state index in [4.69, 9.17) is 0 Å². The zero-order valence-electron chi connectivity index (χ0n) is 12.5. The molecule has 5 nitrogen and oxygen atoms in total. The molecule has 1 fully saturated rings. The summed E-state index contributed by atoms with van der Waals surface area (Å²) >= 11 is 1.13. The van der Waals surface area contributed by atoms with Crippen LogP contribution in [-0.4, -0.2) is 49.7 Å². The van der Waals surface area contributed by atoms with Crippen LogP contribution in [0.15, 0.2) is 39.9 Å². The van der Waals surface area contributed by atoms with Crippen molar-refractivity contribution < 1.29 is 22.0 Å². The van der Waals surface area contributed by atoms with Gasteiger partial charge in [-0.15, -0.1) is 11.3 Å². The van der Waals surface area contributed by atoms with Crippen LogP contribution in [0.25, 0.3) is 0 Å². The molecule has 9 heteroatoms. The normalized spacial score (nSPS) is 16.3. The zero-order valence-corrected chi connectivity index (χ0v) is 14.1. The number of carbonyl (C=O) groups is 1. The first kappa shape index (κ1) is 17.0. The van der Waals surface area contributed by atoms with E-state index >= 15 is 0 Å². The molecule has 0 radical (unpaired) electrons. The van der Waals surface area contributed by atoms with Crippen LogP contribution in [0.5, 0.6) is 0 Å². The van der Waals surface area contributed by atoms with Crippen LogP contribution in [0, 0.1) is 11.6 Å². The number of thiophene rings is 1. The van der Waals surface area contributed by atoms with Crippen LogP contribution in [-0.2, 0) is 10.0 Å². The lowest BCUT2D eigenvalue weighted by Gasteiger charge is -2.33. The minimum absolute atomic E-state index is 0.114. The first-order valence-electron chi connectivity index (χ1n) is 7.17. The Morgan fingerprint density at radius 1 is 1.08 bits per heavy atom. The van der Waals surface area contributed by atoms with E-state index in [9.17, 15) is 22.0 Å². The van der Waals surface area contributed by atoms with Gasteiger partial charge in [0.25, 0.3) is 15.9 Å². The summed E-state index contributed by atoms with van der Waals surface area (Å²) in [5.74, 6) is -2.13. The van der Waals surface area contributed by atoms with Crippen LogP contribution in [0.1, 0.15) is 10.4 Å². The molecule has 1 saturated heterocycles. The van der Waals surface area contributed by atoms with Crippen LogP contribution >= 0.6 is 11.3 Å². The highest BCUT2D eigenvalue weighted by Crippen LogP contribution is 2.22. The van der Waals surface area contributed by atoms with Crippen molar-refractivity contribution >= 4 is 27.3 Å². The van der Waals surface area contributed by atoms with Crippen molar-refractivity contribution in [3.8, 4) is 0 Å². The molecular weight excluding hydrogens is 358 g/mol. The number of amides is 1. The van der Waals surface area contributed by atoms with E-state index in [-0.39, 0.29) is 36.0 Å². The van der Waals surface area contributed by atoms with E-state index in [1.54, 1.807) is 11.4 Å². The van der Waals surface area contributed by atoms with Crippen molar-refractivity contribution in [1.29, 1.82) is 0 Å². The second-order valence-electron chi connectivity index (χ2n) is 5.25. The van der Waals surface area contributed by atoms with Crippen LogP contribution in [0.3, 0.4) is 0 Å². The highest BCUT2D eigenvalue weighted by atomic mass is 32.2. The van der Waals surface area contributed by atoms with E-state index in [0.29, 0.717) is 0 Å². The van der Waals surface area contributed by atoms with Crippen LogP contribution in [0.2, 0.25) is 0 Å². The topological polar surface area (TPSA) is 57.7 Å². The molecule has 1 amide bonds. The van der Waals surface area contributed by atoms with Crippen molar-refractivity contribution in [3.63, 3.8) is 0 Å². The lowest BCUT2D eigenvalue weighted by Crippen LogP contribution is -2.50. The van der Waals surface area contributed by atoms with Gasteiger partial charge in [-0.3, -0.25) is 4.79 Å². The number of halogens is 2. The van der Waals surface area contributed by atoms with Gasteiger partial charge in [-0.05, 0) is 29.6 Å². The summed E-state index contributed by atoms with van der Waals surface area (Å²) in [7, 11) is -3.57. The lowest BCUT2D eigenvalue weighted by molar-refractivity contribution is 0.0692. The number of rotatable bonds is 3. The molecule has 0 bridgehead atoms. The summed E-state index contributed by atoms with van der Waals surface area (Å²) in [6.07, 6.45) is 0. The molecule has 1 aliphatic heterocycles. The maximum atomic E-state index is 13.7. The second kappa shape index (κ2) is 6.58. The molecule has 128 valence electrons. The fourth-order valence-electron chi connectivity index (χ4n) is 2.50. The maximum absolute atomic E-state index is 13.7. The molecule has 0 spiro atoms. The number of sulfonamides is 1. The molecule has 1 aromatic heterocycles. The van der Waals surface area contributed by atoms with E-state index < -0.39 is 27.6 Å². The van der Waals surface area contributed by atoms with Gasteiger partial charge in [-0.2, -0.15) is 4.31 Å². The summed E-state index contributed by atoms with van der Waals surface area (Å²) in [5.41, 5.74) is -0.343. The smallest absolute Gasteiger partial charge is 0.257 e. The Bertz CT molecular complexity index is 846. The van der Waals surface area contributed by atoms with Crippen LogP contribution < -0.4 is 0 Å². The van der Waals surface area contributed by atoms with Gasteiger partial charge in [0.2, 0.25) is 0 Å². The average Bonchev–Trinajstić information content (AvgIpc) is 3.12. The van der Waals surface area contributed by atoms with Crippen molar-refractivity contribution in [1.82, 2.24) is 9.21 Å². The van der Waals surface area contributed by atoms with Crippen molar-refractivity contribution in [2.75, 3.05) is 26.2 Å². The molecule has 2 aromatic rings. The Hall–Kier alpha value is -1.84. The zero-order chi connectivity index (χ0) is 17.3. The highest BCUT2D eigenvalue weighted by molar-refractivity contribution is 7.91. The largest absolute Gasteiger partial charge is 0.336 e. The van der Waals surface area contributed by atoms with Gasteiger partial charge in [0, 0.05) is 26.2 Å². The number of hydrogen-bond donors (Lipinski definition) is 0. The highest BCUT2D eigenvalue weighted by Gasteiger charge is 2.31. The quantitative estimate of drug-likeness (QED) is 0.830. The summed E-state index contributed by atoms with van der Waals surface area (Å²) in [5, 5.41) is 1.68. The predicted octanol–water partition coefficient (Wildman–Crippen LogP) is 2.17. The second-order valence-corrected chi connectivity index (χ2v) is 8.37. The molecule has 1 aromatic carbocycles. The van der Waals surface area contributed by atoms with Crippen molar-refractivity contribution in [3.05, 3.63) is 52.9 Å². The molecule has 0 unspecified atom stereocenters. The Kier molecular flexibility index (Phi) is 4.66. The van der Waals surface area contributed by atoms with Gasteiger partial charge in [-0.25, -0.2) is 17.2 Å².